The van der Waals surface area contributed by atoms with Crippen LogP contribution in [0.4, 0.5) is 4.39 Å². The van der Waals surface area contributed by atoms with Crippen molar-refractivity contribution in [3.8, 4) is 5.69 Å². The van der Waals surface area contributed by atoms with Gasteiger partial charge in [-0.3, -0.25) is 19.3 Å². The van der Waals surface area contributed by atoms with E-state index in [9.17, 15) is 14.0 Å². The molecule has 0 fully saturated rings. The molecule has 1 atom stereocenters. The predicted octanol–water partition coefficient (Wildman–Crippen LogP) is 0.671. The number of aromatic nitrogens is 2. The number of nitrogens with zero attached hydrogens (tertiary/aromatic N) is 2. The topological polar surface area (TPSA) is 67.2 Å². The number of hydrogen-bond acceptors (Lipinski definition) is 3. The number of carbonyl (C=O) groups excluding carboxylic acids is 1. The van der Waals surface area contributed by atoms with Gasteiger partial charge in [-0.05, 0) is 54.6 Å². The van der Waals surface area contributed by atoms with Crippen LogP contribution in [-0.2, 0) is 4.79 Å². The maximum atomic E-state index is 14.2. The molecule has 0 saturated heterocycles. The van der Waals surface area contributed by atoms with E-state index in [4.69, 9.17) is 0 Å². The first kappa shape index (κ1) is 14.2. The average Bonchev–Trinajstić information content (AvgIpc) is 2.73. The monoisotopic (exact) mass is 399 g/mol. The molecule has 1 aliphatic heterocycles. The maximum Gasteiger partial charge on any atom is 0.332 e. The number of fused-ring (bicyclic) bond motifs is 1. The van der Waals surface area contributed by atoms with Gasteiger partial charge in [0.15, 0.2) is 11.3 Å². The van der Waals surface area contributed by atoms with E-state index >= 15 is 0 Å². The van der Waals surface area contributed by atoms with E-state index in [2.05, 4.69) is 9.98 Å². The molecule has 7 heteroatoms. The Morgan fingerprint density at radius 3 is 2.76 bits per heavy atom. The summed E-state index contributed by atoms with van der Waals surface area (Å²) in [5.74, 6) is -0.689. The Bertz CT molecular complexity index is 942. The minimum absolute atomic E-state index is 0.106. The summed E-state index contributed by atoms with van der Waals surface area (Å²) in [4.78, 5) is 31.0. The van der Waals surface area contributed by atoms with Crippen LogP contribution in [0, 0.1) is 9.39 Å². The van der Waals surface area contributed by atoms with Crippen molar-refractivity contribution in [3.63, 3.8) is 0 Å². The molecule has 0 bridgehead atoms. The predicted molar refractivity (Wildman–Crippen MR) is 83.4 cm³/mol. The van der Waals surface area contributed by atoms with Crippen LogP contribution in [-0.4, -0.2) is 21.4 Å². The van der Waals surface area contributed by atoms with E-state index in [1.165, 1.54) is 16.7 Å². The van der Waals surface area contributed by atoms with Crippen molar-refractivity contribution < 1.29 is 9.18 Å². The SMILES string of the molecule is CC1=c2c([nH]c(=O)n2-c2ccc(I)cc2F)=NC(C)C1=O. The van der Waals surface area contributed by atoms with Gasteiger partial charge in [-0.2, -0.15) is 0 Å². The Morgan fingerprint density at radius 2 is 2.10 bits per heavy atom. The van der Waals surface area contributed by atoms with Gasteiger partial charge in [0.25, 0.3) is 0 Å². The van der Waals surface area contributed by atoms with E-state index < -0.39 is 17.5 Å². The molecule has 0 spiro atoms. The molecule has 108 valence electrons. The van der Waals surface area contributed by atoms with E-state index in [0.717, 1.165) is 3.57 Å². The smallest absolute Gasteiger partial charge is 0.292 e. The molecule has 2 heterocycles. The Morgan fingerprint density at radius 1 is 1.38 bits per heavy atom. The number of imidazole rings is 1. The average molecular weight is 399 g/mol. The maximum absolute atomic E-state index is 14.2. The molecule has 1 aromatic carbocycles. The molecule has 0 amide bonds. The van der Waals surface area contributed by atoms with Gasteiger partial charge in [0.2, 0.25) is 0 Å². The molecular formula is C14H11FIN3O2. The summed E-state index contributed by atoms with van der Waals surface area (Å²) in [5.41, 5.74) is 0.325. The van der Waals surface area contributed by atoms with Crippen LogP contribution in [0.2, 0.25) is 0 Å². The molecule has 0 saturated carbocycles. The number of benzene rings is 1. The number of aromatic amines is 1. The largest absolute Gasteiger partial charge is 0.332 e. The van der Waals surface area contributed by atoms with E-state index in [1.54, 1.807) is 19.9 Å². The summed E-state index contributed by atoms with van der Waals surface area (Å²) in [6.45, 7) is 3.29. The highest BCUT2D eigenvalue weighted by Gasteiger charge is 2.23. The van der Waals surface area contributed by atoms with Gasteiger partial charge in [-0.15, -0.1) is 0 Å². The van der Waals surface area contributed by atoms with Crippen molar-refractivity contribution in [1.29, 1.82) is 0 Å². The van der Waals surface area contributed by atoms with Gasteiger partial charge in [-0.1, -0.05) is 0 Å². The zero-order valence-electron chi connectivity index (χ0n) is 11.3. The minimum Gasteiger partial charge on any atom is -0.292 e. The van der Waals surface area contributed by atoms with Gasteiger partial charge in [0.1, 0.15) is 11.9 Å². The highest BCUT2D eigenvalue weighted by atomic mass is 127. The van der Waals surface area contributed by atoms with Crippen LogP contribution in [0.25, 0.3) is 11.3 Å². The van der Waals surface area contributed by atoms with E-state index in [0.29, 0.717) is 16.4 Å². The summed E-state index contributed by atoms with van der Waals surface area (Å²) in [6.07, 6.45) is 0. The van der Waals surface area contributed by atoms with Gasteiger partial charge in [0.05, 0.1) is 11.0 Å². The van der Waals surface area contributed by atoms with Crippen LogP contribution in [0.1, 0.15) is 13.8 Å². The number of carbonyl (C=O) groups is 1. The first-order valence-corrected chi connectivity index (χ1v) is 7.37. The Kier molecular flexibility index (Phi) is 3.31. The van der Waals surface area contributed by atoms with Crippen LogP contribution < -0.4 is 16.5 Å². The summed E-state index contributed by atoms with van der Waals surface area (Å²) in [7, 11) is 0. The number of H-pyrrole nitrogens is 1. The number of nitrogens with one attached hydrogen (secondary N) is 1. The van der Waals surface area contributed by atoms with E-state index in [1.807, 2.05) is 22.6 Å². The third-order valence-corrected chi connectivity index (χ3v) is 4.12. The van der Waals surface area contributed by atoms with Crippen molar-refractivity contribution in [2.75, 3.05) is 0 Å². The molecule has 0 aliphatic carbocycles. The molecule has 5 nitrogen and oxygen atoms in total. The normalized spacial score (nSPS) is 17.6. The molecule has 0 radical (unpaired) electrons. The second-order valence-electron chi connectivity index (χ2n) is 4.85. The van der Waals surface area contributed by atoms with Crippen LogP contribution >= 0.6 is 22.6 Å². The third kappa shape index (κ3) is 2.15. The fraction of sp³-hybridized carbons (Fsp3) is 0.214. The highest BCUT2D eigenvalue weighted by Crippen LogP contribution is 2.14. The van der Waals surface area contributed by atoms with Gasteiger partial charge < -0.3 is 0 Å². The number of rotatable bonds is 1. The minimum atomic E-state index is -0.537. The summed E-state index contributed by atoms with van der Waals surface area (Å²) in [5, 5.41) is 0.336. The Hall–Kier alpha value is -1.77. The summed E-state index contributed by atoms with van der Waals surface area (Å²) in [6, 6.07) is 4.01. The first-order valence-electron chi connectivity index (χ1n) is 6.29. The highest BCUT2D eigenvalue weighted by molar-refractivity contribution is 14.1. The first-order chi connectivity index (χ1) is 9.90. The zero-order valence-corrected chi connectivity index (χ0v) is 13.4. The number of halogens is 2. The lowest BCUT2D eigenvalue weighted by Gasteiger charge is -2.11. The molecule has 3 rings (SSSR count). The molecule has 2 aromatic rings. The standard InChI is InChI=1S/C14H11FIN3O2/c1-6-11-13(17-7(2)12(6)20)18-14(21)19(11)10-4-3-8(16)5-9(10)15/h3-5,7H,1-2H3,(H,17,18,21). The molecule has 1 aromatic heterocycles. The Labute approximate surface area is 132 Å². The lowest BCUT2D eigenvalue weighted by Crippen LogP contribution is -2.41. The summed E-state index contributed by atoms with van der Waals surface area (Å²) >= 11 is 1.99. The second-order valence-corrected chi connectivity index (χ2v) is 6.10. The van der Waals surface area contributed by atoms with Crippen molar-refractivity contribution in [3.05, 3.63) is 48.9 Å². The van der Waals surface area contributed by atoms with Crippen LogP contribution in [0.5, 0.6) is 0 Å². The van der Waals surface area contributed by atoms with E-state index in [-0.39, 0.29) is 11.5 Å². The molecule has 1 N–H and O–H groups in total. The lowest BCUT2D eigenvalue weighted by molar-refractivity contribution is -0.114. The van der Waals surface area contributed by atoms with Crippen LogP contribution in [0.3, 0.4) is 0 Å². The number of ketones is 1. The van der Waals surface area contributed by atoms with Crippen molar-refractivity contribution in [1.82, 2.24) is 9.55 Å². The van der Waals surface area contributed by atoms with Gasteiger partial charge >= 0.3 is 5.69 Å². The number of Topliss-reactive ketones (excluding diaryl/α,β-unsaturated/α-hetero) is 1. The molecule has 1 aliphatic rings. The van der Waals surface area contributed by atoms with Crippen molar-refractivity contribution in [2.24, 2.45) is 4.99 Å². The summed E-state index contributed by atoms with van der Waals surface area (Å²) < 4.78 is 16.1. The molecular weight excluding hydrogens is 388 g/mol. The fourth-order valence-corrected chi connectivity index (χ4v) is 2.89. The molecule has 21 heavy (non-hydrogen) atoms. The zero-order chi connectivity index (χ0) is 15.3. The Balaban J connectivity index is 2.46. The lowest BCUT2D eigenvalue weighted by atomic mass is 10.1. The van der Waals surface area contributed by atoms with Crippen LogP contribution in [0.15, 0.2) is 28.0 Å². The fourth-order valence-electron chi connectivity index (χ4n) is 2.44. The molecule has 1 unspecified atom stereocenters. The number of hydrogen-bond donors (Lipinski definition) is 1. The quantitative estimate of drug-likeness (QED) is 0.717. The van der Waals surface area contributed by atoms with Crippen molar-refractivity contribution in [2.45, 2.75) is 19.9 Å². The van der Waals surface area contributed by atoms with Crippen molar-refractivity contribution >= 4 is 33.9 Å². The third-order valence-electron chi connectivity index (χ3n) is 3.45. The van der Waals surface area contributed by atoms with Gasteiger partial charge in [-0.25, -0.2) is 9.18 Å². The second kappa shape index (κ2) is 4.90. The van der Waals surface area contributed by atoms with Gasteiger partial charge in [0, 0.05) is 9.14 Å².